The van der Waals surface area contributed by atoms with Crippen molar-refractivity contribution in [2.45, 2.75) is 12.5 Å². The second-order valence-corrected chi connectivity index (χ2v) is 4.95. The van der Waals surface area contributed by atoms with Crippen molar-refractivity contribution in [2.24, 2.45) is 0 Å². The first-order chi connectivity index (χ1) is 11.0. The zero-order chi connectivity index (χ0) is 16.7. The largest absolute Gasteiger partial charge is 0.484 e. The van der Waals surface area contributed by atoms with Crippen molar-refractivity contribution < 1.29 is 23.4 Å². The average Bonchev–Trinajstić information content (AvgIpc) is 2.55. The molecule has 0 bridgehead atoms. The van der Waals surface area contributed by atoms with Crippen LogP contribution in [0.25, 0.3) is 0 Å². The number of amides is 1. The molecule has 0 aliphatic carbocycles. The number of carbonyl (C=O) groups excluding carboxylic acids is 1. The number of hydrogen-bond donors (Lipinski definition) is 2. The van der Waals surface area contributed by atoms with Gasteiger partial charge in [-0.25, -0.2) is 8.78 Å². The van der Waals surface area contributed by atoms with Crippen molar-refractivity contribution in [3.63, 3.8) is 0 Å². The number of halogens is 2. The molecular weight excluding hydrogens is 304 g/mol. The van der Waals surface area contributed by atoms with Gasteiger partial charge in [-0.3, -0.25) is 4.79 Å². The van der Waals surface area contributed by atoms with Gasteiger partial charge in [-0.2, -0.15) is 0 Å². The second-order valence-electron chi connectivity index (χ2n) is 4.95. The fraction of sp³-hybridized carbons (Fsp3) is 0.235. The van der Waals surface area contributed by atoms with Gasteiger partial charge in [0.15, 0.2) is 6.61 Å². The zero-order valence-electron chi connectivity index (χ0n) is 12.3. The van der Waals surface area contributed by atoms with E-state index in [0.29, 0.717) is 17.7 Å². The second kappa shape index (κ2) is 8.24. The van der Waals surface area contributed by atoms with Crippen LogP contribution in [-0.2, 0) is 4.79 Å². The molecule has 0 heterocycles. The molecule has 0 aromatic heterocycles. The lowest BCUT2D eigenvalue weighted by atomic mass is 10.1. The van der Waals surface area contributed by atoms with Crippen LogP contribution in [0.15, 0.2) is 48.5 Å². The van der Waals surface area contributed by atoms with Gasteiger partial charge in [0.2, 0.25) is 0 Å². The highest BCUT2D eigenvalue weighted by Crippen LogP contribution is 2.16. The molecule has 0 saturated carbocycles. The molecule has 6 heteroatoms. The Bertz CT molecular complexity index is 629. The Hall–Kier alpha value is -2.47. The van der Waals surface area contributed by atoms with Gasteiger partial charge in [0, 0.05) is 6.54 Å². The maximum Gasteiger partial charge on any atom is 0.257 e. The van der Waals surface area contributed by atoms with Gasteiger partial charge < -0.3 is 15.2 Å². The lowest BCUT2D eigenvalue weighted by Crippen LogP contribution is -2.30. The summed E-state index contributed by atoms with van der Waals surface area (Å²) < 4.78 is 30.7. The minimum absolute atomic E-state index is 0.196. The molecule has 2 aromatic carbocycles. The van der Waals surface area contributed by atoms with E-state index in [4.69, 9.17) is 4.74 Å². The summed E-state index contributed by atoms with van der Waals surface area (Å²) in [5, 5.41) is 12.5. The van der Waals surface area contributed by atoms with Crippen molar-refractivity contribution in [3.05, 3.63) is 65.7 Å². The van der Waals surface area contributed by atoms with E-state index in [1.54, 1.807) is 0 Å². The molecule has 1 atom stereocenters. The molecule has 0 spiro atoms. The first-order valence-corrected chi connectivity index (χ1v) is 7.13. The molecule has 122 valence electrons. The highest BCUT2D eigenvalue weighted by atomic mass is 19.1. The third-order valence-electron chi connectivity index (χ3n) is 3.18. The van der Waals surface area contributed by atoms with Crippen molar-refractivity contribution in [3.8, 4) is 5.75 Å². The standard InChI is InChI=1S/C17H17F2NO3/c18-13-3-1-12(2-4-13)16(21)9-10-20-17(22)11-23-15-7-5-14(19)6-8-15/h1-8,16,21H,9-11H2,(H,20,22). The number of ether oxygens (including phenoxy) is 1. The first-order valence-electron chi connectivity index (χ1n) is 7.13. The predicted molar refractivity (Wildman–Crippen MR) is 80.9 cm³/mol. The molecule has 0 aliphatic heterocycles. The lowest BCUT2D eigenvalue weighted by molar-refractivity contribution is -0.123. The molecule has 0 radical (unpaired) electrons. The lowest BCUT2D eigenvalue weighted by Gasteiger charge is -2.12. The fourth-order valence-corrected chi connectivity index (χ4v) is 1.93. The smallest absolute Gasteiger partial charge is 0.257 e. The third-order valence-corrected chi connectivity index (χ3v) is 3.18. The van der Waals surface area contributed by atoms with Crippen LogP contribution in [0.4, 0.5) is 8.78 Å². The molecule has 2 N–H and O–H groups in total. The number of nitrogens with one attached hydrogen (secondary N) is 1. The normalized spacial score (nSPS) is 11.8. The van der Waals surface area contributed by atoms with Crippen molar-refractivity contribution in [1.29, 1.82) is 0 Å². The zero-order valence-corrected chi connectivity index (χ0v) is 12.3. The van der Waals surface area contributed by atoms with Crippen molar-refractivity contribution in [1.82, 2.24) is 5.32 Å². The predicted octanol–water partition coefficient (Wildman–Crippen LogP) is 2.58. The Morgan fingerprint density at radius 1 is 1.04 bits per heavy atom. The monoisotopic (exact) mass is 321 g/mol. The van der Waals surface area contributed by atoms with Gasteiger partial charge in [0.05, 0.1) is 6.10 Å². The molecule has 0 aliphatic rings. The van der Waals surface area contributed by atoms with Crippen LogP contribution in [0.5, 0.6) is 5.75 Å². The van der Waals surface area contributed by atoms with E-state index in [1.165, 1.54) is 48.5 Å². The van der Waals surface area contributed by atoms with Gasteiger partial charge >= 0.3 is 0 Å². The Labute approximate surface area is 132 Å². The molecule has 23 heavy (non-hydrogen) atoms. The van der Waals surface area contributed by atoms with Crippen LogP contribution < -0.4 is 10.1 Å². The van der Waals surface area contributed by atoms with Crippen LogP contribution in [0.1, 0.15) is 18.1 Å². The number of aliphatic hydroxyl groups excluding tert-OH is 1. The molecule has 0 fully saturated rings. The fourth-order valence-electron chi connectivity index (χ4n) is 1.93. The Kier molecular flexibility index (Phi) is 6.05. The van der Waals surface area contributed by atoms with E-state index in [0.717, 1.165) is 0 Å². The van der Waals surface area contributed by atoms with E-state index < -0.39 is 6.10 Å². The summed E-state index contributed by atoms with van der Waals surface area (Å²) in [7, 11) is 0. The Balaban J connectivity index is 1.68. The maximum absolute atomic E-state index is 12.8. The number of benzene rings is 2. The van der Waals surface area contributed by atoms with Crippen LogP contribution in [0.2, 0.25) is 0 Å². The van der Waals surface area contributed by atoms with Crippen molar-refractivity contribution in [2.75, 3.05) is 13.2 Å². The number of hydrogen-bond acceptors (Lipinski definition) is 3. The summed E-state index contributed by atoms with van der Waals surface area (Å²) in [4.78, 5) is 11.6. The molecule has 2 rings (SSSR count). The molecule has 1 unspecified atom stereocenters. The number of rotatable bonds is 7. The highest BCUT2D eigenvalue weighted by Gasteiger charge is 2.09. The van der Waals surface area contributed by atoms with Crippen LogP contribution in [-0.4, -0.2) is 24.2 Å². The molecule has 0 saturated heterocycles. The minimum Gasteiger partial charge on any atom is -0.484 e. The van der Waals surface area contributed by atoms with Gasteiger partial charge in [-0.05, 0) is 48.4 Å². The summed E-state index contributed by atoms with van der Waals surface area (Å²) in [6.07, 6.45) is -0.484. The summed E-state index contributed by atoms with van der Waals surface area (Å²) in [5.41, 5.74) is 0.586. The summed E-state index contributed by atoms with van der Waals surface area (Å²) in [6, 6.07) is 10.9. The highest BCUT2D eigenvalue weighted by molar-refractivity contribution is 5.77. The van der Waals surface area contributed by atoms with Crippen LogP contribution >= 0.6 is 0 Å². The summed E-state index contributed by atoms with van der Waals surface area (Å²) >= 11 is 0. The SMILES string of the molecule is O=C(COc1ccc(F)cc1)NCCC(O)c1ccc(F)cc1. The molecule has 1 amide bonds. The average molecular weight is 321 g/mol. The van der Waals surface area contributed by atoms with Crippen molar-refractivity contribution >= 4 is 5.91 Å². The number of aliphatic hydroxyl groups is 1. The first kappa shape index (κ1) is 16.9. The molecule has 2 aromatic rings. The summed E-state index contributed by atoms with van der Waals surface area (Å²) in [5.74, 6) is -0.697. The molecular formula is C17H17F2NO3. The quantitative estimate of drug-likeness (QED) is 0.824. The van der Waals surface area contributed by atoms with E-state index in [1.807, 2.05) is 0 Å². The van der Waals surface area contributed by atoms with Crippen LogP contribution in [0, 0.1) is 11.6 Å². The van der Waals surface area contributed by atoms with E-state index in [9.17, 15) is 18.7 Å². The van der Waals surface area contributed by atoms with Gasteiger partial charge in [-0.15, -0.1) is 0 Å². The van der Waals surface area contributed by atoms with Gasteiger partial charge in [-0.1, -0.05) is 12.1 Å². The Morgan fingerprint density at radius 3 is 2.22 bits per heavy atom. The number of carbonyl (C=O) groups is 1. The minimum atomic E-state index is -0.783. The third kappa shape index (κ3) is 5.67. The van der Waals surface area contributed by atoms with E-state index in [2.05, 4.69) is 5.32 Å². The summed E-state index contributed by atoms with van der Waals surface area (Å²) in [6.45, 7) is 0.0580. The molecule has 4 nitrogen and oxygen atoms in total. The van der Waals surface area contributed by atoms with E-state index >= 15 is 0 Å². The topological polar surface area (TPSA) is 58.6 Å². The van der Waals surface area contributed by atoms with Crippen LogP contribution in [0.3, 0.4) is 0 Å². The maximum atomic E-state index is 12.8. The van der Waals surface area contributed by atoms with Gasteiger partial charge in [0.1, 0.15) is 17.4 Å². The van der Waals surface area contributed by atoms with Gasteiger partial charge in [0.25, 0.3) is 5.91 Å². The van der Waals surface area contributed by atoms with E-state index in [-0.39, 0.29) is 30.7 Å². The Morgan fingerprint density at radius 2 is 1.61 bits per heavy atom.